The van der Waals surface area contributed by atoms with Crippen LogP contribution in [-0.2, 0) is 5.54 Å². The highest BCUT2D eigenvalue weighted by molar-refractivity contribution is 9.10. The maximum Gasteiger partial charge on any atom is 0.121 e. The molecular formula is C14H20BrNO. The van der Waals surface area contributed by atoms with Crippen LogP contribution in [-0.4, -0.2) is 5.11 Å². The molecule has 0 spiro atoms. The minimum absolute atomic E-state index is 0.271. The molecule has 1 aliphatic rings. The van der Waals surface area contributed by atoms with Gasteiger partial charge in [0.2, 0.25) is 0 Å². The van der Waals surface area contributed by atoms with E-state index >= 15 is 0 Å². The van der Waals surface area contributed by atoms with Gasteiger partial charge in [0, 0.05) is 10.0 Å². The smallest absolute Gasteiger partial charge is 0.121 e. The average Bonchev–Trinajstić information content (AvgIpc) is 2.26. The van der Waals surface area contributed by atoms with Crippen molar-refractivity contribution < 1.29 is 5.11 Å². The Bertz CT molecular complexity index is 436. The van der Waals surface area contributed by atoms with Gasteiger partial charge in [0.25, 0.3) is 0 Å². The van der Waals surface area contributed by atoms with Gasteiger partial charge in [0.15, 0.2) is 0 Å². The predicted molar refractivity (Wildman–Crippen MR) is 74.2 cm³/mol. The Morgan fingerprint density at radius 2 is 1.82 bits per heavy atom. The minimum atomic E-state index is -0.271. The lowest BCUT2D eigenvalue weighted by atomic mass is 9.75. The summed E-state index contributed by atoms with van der Waals surface area (Å²) in [4.78, 5) is 0. The molecule has 94 valence electrons. The highest BCUT2D eigenvalue weighted by Gasteiger charge is 2.33. The van der Waals surface area contributed by atoms with Crippen LogP contribution in [0.15, 0.2) is 10.5 Å². The Balaban J connectivity index is 2.54. The first kappa shape index (κ1) is 12.9. The van der Waals surface area contributed by atoms with Gasteiger partial charge in [-0.05, 0) is 49.4 Å². The van der Waals surface area contributed by atoms with Gasteiger partial charge in [-0.2, -0.15) is 0 Å². The Kier molecular flexibility index (Phi) is 3.50. The van der Waals surface area contributed by atoms with Crippen LogP contribution < -0.4 is 5.73 Å². The van der Waals surface area contributed by atoms with Crippen molar-refractivity contribution in [3.63, 3.8) is 0 Å². The summed E-state index contributed by atoms with van der Waals surface area (Å²) < 4.78 is 1.04. The Hall–Kier alpha value is -0.540. The van der Waals surface area contributed by atoms with Gasteiger partial charge in [0.05, 0.1) is 0 Å². The number of aryl methyl sites for hydroxylation is 1. The number of benzene rings is 1. The normalized spacial score (nSPS) is 19.3. The molecule has 1 fully saturated rings. The number of rotatable bonds is 1. The summed E-state index contributed by atoms with van der Waals surface area (Å²) in [5.41, 5.74) is 9.22. The van der Waals surface area contributed by atoms with Crippen molar-refractivity contribution in [1.29, 1.82) is 0 Å². The molecule has 1 aromatic carbocycles. The summed E-state index contributed by atoms with van der Waals surface area (Å²) in [6.07, 6.45) is 5.64. The molecule has 3 N–H and O–H groups in total. The molecule has 0 heterocycles. The molecule has 0 amide bonds. The number of nitrogens with two attached hydrogens (primary N) is 1. The second kappa shape index (κ2) is 4.62. The van der Waals surface area contributed by atoms with E-state index in [1.807, 2.05) is 19.9 Å². The number of phenolic OH excluding ortho intramolecular Hbond substituents is 1. The summed E-state index contributed by atoms with van der Waals surface area (Å²) in [5.74, 6) is 0.388. The number of hydrogen-bond donors (Lipinski definition) is 2. The number of aromatic hydroxyl groups is 1. The molecular weight excluding hydrogens is 278 g/mol. The highest BCUT2D eigenvalue weighted by atomic mass is 79.9. The lowest BCUT2D eigenvalue weighted by molar-refractivity contribution is 0.298. The fourth-order valence-corrected chi connectivity index (χ4v) is 4.00. The van der Waals surface area contributed by atoms with Gasteiger partial charge in [-0.3, -0.25) is 0 Å². The van der Waals surface area contributed by atoms with E-state index in [0.29, 0.717) is 5.75 Å². The second-order valence-electron chi connectivity index (χ2n) is 5.24. The van der Waals surface area contributed by atoms with Crippen molar-refractivity contribution in [2.75, 3.05) is 0 Å². The lowest BCUT2D eigenvalue weighted by Crippen LogP contribution is -2.39. The molecule has 0 atom stereocenters. The van der Waals surface area contributed by atoms with Gasteiger partial charge in [-0.25, -0.2) is 0 Å². The molecule has 2 rings (SSSR count). The molecule has 17 heavy (non-hydrogen) atoms. The number of halogens is 1. The van der Waals surface area contributed by atoms with E-state index in [-0.39, 0.29) is 5.54 Å². The third kappa shape index (κ3) is 2.23. The van der Waals surface area contributed by atoms with Crippen molar-refractivity contribution in [3.05, 3.63) is 27.2 Å². The van der Waals surface area contributed by atoms with E-state index in [1.54, 1.807) is 0 Å². The number of hydrogen-bond acceptors (Lipinski definition) is 2. The van der Waals surface area contributed by atoms with Crippen LogP contribution in [0, 0.1) is 13.8 Å². The standard InChI is InChI=1S/C14H20BrNO/c1-9-8-11(15)12(10(2)13(9)17)14(16)6-4-3-5-7-14/h8,17H,3-7,16H2,1-2H3. The van der Waals surface area contributed by atoms with Crippen LogP contribution in [0.2, 0.25) is 0 Å². The molecule has 0 aromatic heterocycles. The summed E-state index contributed by atoms with van der Waals surface area (Å²) in [5, 5.41) is 10.1. The van der Waals surface area contributed by atoms with Crippen molar-refractivity contribution in [2.45, 2.75) is 51.5 Å². The SMILES string of the molecule is Cc1cc(Br)c(C2(N)CCCCC2)c(C)c1O. The molecule has 1 saturated carbocycles. The monoisotopic (exact) mass is 297 g/mol. The summed E-state index contributed by atoms with van der Waals surface area (Å²) in [6.45, 7) is 3.88. The molecule has 0 bridgehead atoms. The van der Waals surface area contributed by atoms with Crippen LogP contribution in [0.25, 0.3) is 0 Å². The van der Waals surface area contributed by atoms with Crippen molar-refractivity contribution in [2.24, 2.45) is 5.73 Å². The highest BCUT2D eigenvalue weighted by Crippen LogP contribution is 2.43. The molecule has 0 radical (unpaired) electrons. The Morgan fingerprint density at radius 1 is 1.24 bits per heavy atom. The number of phenols is 1. The predicted octanol–water partition coefficient (Wildman–Crippen LogP) is 3.89. The molecule has 2 nitrogen and oxygen atoms in total. The molecule has 0 saturated heterocycles. The molecule has 3 heteroatoms. The fraction of sp³-hybridized carbons (Fsp3) is 0.571. The van der Waals surface area contributed by atoms with E-state index in [0.717, 1.165) is 34.0 Å². The zero-order valence-electron chi connectivity index (χ0n) is 10.5. The van der Waals surface area contributed by atoms with Gasteiger partial charge in [-0.1, -0.05) is 35.2 Å². The van der Waals surface area contributed by atoms with Crippen LogP contribution in [0.5, 0.6) is 5.75 Å². The van der Waals surface area contributed by atoms with E-state index in [4.69, 9.17) is 5.73 Å². The van der Waals surface area contributed by atoms with Crippen molar-refractivity contribution in [3.8, 4) is 5.75 Å². The van der Waals surface area contributed by atoms with Gasteiger partial charge < -0.3 is 10.8 Å². The largest absolute Gasteiger partial charge is 0.507 e. The van der Waals surface area contributed by atoms with Gasteiger partial charge >= 0.3 is 0 Å². The molecule has 1 aliphatic carbocycles. The maximum absolute atomic E-state index is 10.1. The average molecular weight is 298 g/mol. The van der Waals surface area contributed by atoms with Crippen LogP contribution in [0.1, 0.15) is 48.8 Å². The minimum Gasteiger partial charge on any atom is -0.507 e. The fourth-order valence-electron chi connectivity index (χ4n) is 2.97. The van der Waals surface area contributed by atoms with Crippen LogP contribution in [0.4, 0.5) is 0 Å². The first-order valence-corrected chi connectivity index (χ1v) is 7.03. The first-order valence-electron chi connectivity index (χ1n) is 6.24. The van der Waals surface area contributed by atoms with E-state index in [1.165, 1.54) is 19.3 Å². The zero-order valence-corrected chi connectivity index (χ0v) is 12.1. The lowest BCUT2D eigenvalue weighted by Gasteiger charge is -2.36. The maximum atomic E-state index is 10.1. The van der Waals surface area contributed by atoms with E-state index in [9.17, 15) is 5.11 Å². The third-order valence-corrected chi connectivity index (χ3v) is 4.55. The van der Waals surface area contributed by atoms with Crippen LogP contribution in [0.3, 0.4) is 0 Å². The summed E-state index contributed by atoms with van der Waals surface area (Å²) in [7, 11) is 0. The summed E-state index contributed by atoms with van der Waals surface area (Å²) in [6, 6.07) is 1.97. The Labute approximate surface area is 111 Å². The molecule has 0 unspecified atom stereocenters. The van der Waals surface area contributed by atoms with Crippen molar-refractivity contribution in [1.82, 2.24) is 0 Å². The molecule has 0 aliphatic heterocycles. The molecule has 1 aromatic rings. The van der Waals surface area contributed by atoms with Gasteiger partial charge in [-0.15, -0.1) is 0 Å². The third-order valence-electron chi connectivity index (χ3n) is 3.93. The van der Waals surface area contributed by atoms with E-state index < -0.39 is 0 Å². The topological polar surface area (TPSA) is 46.2 Å². The first-order chi connectivity index (χ1) is 7.96. The van der Waals surface area contributed by atoms with Crippen molar-refractivity contribution >= 4 is 15.9 Å². The van der Waals surface area contributed by atoms with E-state index in [2.05, 4.69) is 15.9 Å². The Morgan fingerprint density at radius 3 is 2.41 bits per heavy atom. The second-order valence-corrected chi connectivity index (χ2v) is 6.10. The summed E-state index contributed by atoms with van der Waals surface area (Å²) >= 11 is 3.61. The van der Waals surface area contributed by atoms with Crippen LogP contribution >= 0.6 is 15.9 Å². The quantitative estimate of drug-likeness (QED) is 0.826. The zero-order chi connectivity index (χ0) is 12.6. The van der Waals surface area contributed by atoms with Gasteiger partial charge in [0.1, 0.15) is 5.75 Å².